The molecule has 1 atom stereocenters. The molecular formula is C27H32N2O5. The van der Waals surface area contributed by atoms with E-state index >= 15 is 0 Å². The van der Waals surface area contributed by atoms with Gasteiger partial charge in [-0.3, -0.25) is 0 Å². The molecule has 34 heavy (non-hydrogen) atoms. The SMILES string of the molecule is CCOC(=O)C1=C(C)NC(C)=C(C(=O)OC)C1c1cccc(OC)c1.c1ccc2c(c1)CNC2. The number of hydrogen-bond acceptors (Lipinski definition) is 7. The zero-order valence-corrected chi connectivity index (χ0v) is 20.4. The van der Waals surface area contributed by atoms with Gasteiger partial charge in [0.1, 0.15) is 5.75 Å². The Morgan fingerprint density at radius 2 is 1.53 bits per heavy atom. The lowest BCUT2D eigenvalue weighted by molar-refractivity contribution is -0.139. The van der Waals surface area contributed by atoms with Gasteiger partial charge in [-0.15, -0.1) is 0 Å². The smallest absolute Gasteiger partial charge is 0.336 e. The molecule has 0 bridgehead atoms. The summed E-state index contributed by atoms with van der Waals surface area (Å²) in [7, 11) is 2.89. The first-order valence-corrected chi connectivity index (χ1v) is 11.3. The second kappa shape index (κ2) is 11.5. The van der Waals surface area contributed by atoms with Crippen molar-refractivity contribution in [1.29, 1.82) is 0 Å². The molecule has 2 N–H and O–H groups in total. The highest BCUT2D eigenvalue weighted by Crippen LogP contribution is 2.40. The van der Waals surface area contributed by atoms with E-state index in [2.05, 4.69) is 34.9 Å². The van der Waals surface area contributed by atoms with Crippen LogP contribution in [0, 0.1) is 0 Å². The number of dihydropyridines is 1. The third-order valence-corrected chi connectivity index (χ3v) is 5.84. The Kier molecular flexibility index (Phi) is 8.49. The maximum atomic E-state index is 12.6. The molecule has 0 aromatic heterocycles. The third kappa shape index (κ3) is 5.48. The Balaban J connectivity index is 0.000000296. The predicted octanol–water partition coefficient (Wildman–Crippen LogP) is 3.96. The summed E-state index contributed by atoms with van der Waals surface area (Å²) in [6.45, 7) is 7.66. The van der Waals surface area contributed by atoms with Gasteiger partial charge in [0.15, 0.2) is 0 Å². The fourth-order valence-electron chi connectivity index (χ4n) is 4.24. The molecule has 0 saturated carbocycles. The van der Waals surface area contributed by atoms with E-state index in [9.17, 15) is 9.59 Å². The summed E-state index contributed by atoms with van der Waals surface area (Å²) >= 11 is 0. The molecule has 7 nitrogen and oxygen atoms in total. The summed E-state index contributed by atoms with van der Waals surface area (Å²) < 4.78 is 15.4. The molecule has 180 valence electrons. The van der Waals surface area contributed by atoms with Crippen molar-refractivity contribution in [2.45, 2.75) is 39.8 Å². The van der Waals surface area contributed by atoms with Crippen LogP contribution in [0.5, 0.6) is 5.75 Å². The molecule has 0 amide bonds. The first-order valence-electron chi connectivity index (χ1n) is 11.3. The molecule has 0 aliphatic carbocycles. The molecule has 2 aromatic carbocycles. The van der Waals surface area contributed by atoms with Crippen molar-refractivity contribution < 1.29 is 23.8 Å². The number of allylic oxidation sites excluding steroid dienone is 2. The standard InChI is InChI=1S/C19H23NO5.C8H9N/c1-6-25-19(22)16-12(3)20-11(2)15(18(21)24-5)17(16)13-8-7-9-14(10-13)23-4;1-2-4-8-6-9-5-7(8)3-1/h7-10,17,20H,6H2,1-5H3;1-4,9H,5-6H2. The summed E-state index contributed by atoms with van der Waals surface area (Å²) in [6.07, 6.45) is 0. The van der Waals surface area contributed by atoms with Gasteiger partial charge < -0.3 is 24.8 Å². The molecule has 2 aliphatic heterocycles. The molecule has 0 saturated heterocycles. The molecule has 7 heteroatoms. The first-order chi connectivity index (χ1) is 16.4. The van der Waals surface area contributed by atoms with Crippen molar-refractivity contribution in [2.24, 2.45) is 0 Å². The highest BCUT2D eigenvalue weighted by Gasteiger charge is 2.37. The molecule has 2 aromatic rings. The Morgan fingerprint density at radius 1 is 0.912 bits per heavy atom. The quantitative estimate of drug-likeness (QED) is 0.648. The Hall–Kier alpha value is -3.58. The summed E-state index contributed by atoms with van der Waals surface area (Å²) in [5, 5.41) is 6.38. The Morgan fingerprint density at radius 3 is 2.09 bits per heavy atom. The number of nitrogens with one attached hydrogen (secondary N) is 2. The number of fused-ring (bicyclic) bond motifs is 1. The summed E-state index contributed by atoms with van der Waals surface area (Å²) in [5.41, 5.74) is 5.73. The summed E-state index contributed by atoms with van der Waals surface area (Å²) in [4.78, 5) is 25.0. The van der Waals surface area contributed by atoms with Gasteiger partial charge in [0.2, 0.25) is 0 Å². The van der Waals surface area contributed by atoms with Crippen LogP contribution in [0.1, 0.15) is 43.4 Å². The number of rotatable bonds is 5. The minimum absolute atomic E-state index is 0.247. The summed E-state index contributed by atoms with van der Waals surface area (Å²) in [5.74, 6) is -0.914. The van der Waals surface area contributed by atoms with Gasteiger partial charge in [-0.05, 0) is 49.6 Å². The van der Waals surface area contributed by atoms with Crippen molar-refractivity contribution in [2.75, 3.05) is 20.8 Å². The topological polar surface area (TPSA) is 85.9 Å². The maximum Gasteiger partial charge on any atom is 0.336 e. The second-order valence-corrected chi connectivity index (χ2v) is 8.00. The van der Waals surface area contributed by atoms with E-state index in [1.165, 1.54) is 18.2 Å². The van der Waals surface area contributed by atoms with Gasteiger partial charge in [0.05, 0.1) is 37.9 Å². The van der Waals surface area contributed by atoms with E-state index in [4.69, 9.17) is 14.2 Å². The van der Waals surface area contributed by atoms with Crippen molar-refractivity contribution >= 4 is 11.9 Å². The number of carbonyl (C=O) groups excluding carboxylic acids is 2. The Bertz CT molecular complexity index is 1100. The molecule has 2 heterocycles. The molecule has 2 aliphatic rings. The average Bonchev–Trinajstić information content (AvgIpc) is 3.32. The highest BCUT2D eigenvalue weighted by atomic mass is 16.5. The lowest BCUT2D eigenvalue weighted by Gasteiger charge is -2.30. The lowest BCUT2D eigenvalue weighted by atomic mass is 9.80. The normalized spacial score (nSPS) is 16.7. The minimum Gasteiger partial charge on any atom is -0.497 e. The van der Waals surface area contributed by atoms with Gasteiger partial charge in [-0.2, -0.15) is 0 Å². The summed E-state index contributed by atoms with van der Waals surface area (Å²) in [6, 6.07) is 15.8. The molecular weight excluding hydrogens is 432 g/mol. The van der Waals surface area contributed by atoms with E-state index in [0.717, 1.165) is 18.7 Å². The number of hydrogen-bond donors (Lipinski definition) is 2. The number of ether oxygens (including phenoxy) is 3. The van der Waals surface area contributed by atoms with E-state index in [1.807, 2.05) is 12.1 Å². The number of esters is 2. The van der Waals surface area contributed by atoms with Crippen molar-refractivity contribution in [3.8, 4) is 5.75 Å². The van der Waals surface area contributed by atoms with Gasteiger partial charge in [0.25, 0.3) is 0 Å². The van der Waals surface area contributed by atoms with Crippen LogP contribution in [0.3, 0.4) is 0 Å². The van der Waals surface area contributed by atoms with Crippen LogP contribution in [0.2, 0.25) is 0 Å². The van der Waals surface area contributed by atoms with E-state index < -0.39 is 17.9 Å². The van der Waals surface area contributed by atoms with Gasteiger partial charge in [0, 0.05) is 24.5 Å². The van der Waals surface area contributed by atoms with Crippen LogP contribution in [0.15, 0.2) is 71.1 Å². The third-order valence-electron chi connectivity index (χ3n) is 5.84. The predicted molar refractivity (Wildman–Crippen MR) is 130 cm³/mol. The highest BCUT2D eigenvalue weighted by molar-refractivity contribution is 5.99. The van der Waals surface area contributed by atoms with Crippen LogP contribution >= 0.6 is 0 Å². The largest absolute Gasteiger partial charge is 0.497 e. The number of methoxy groups -OCH3 is 2. The van der Waals surface area contributed by atoms with Crippen molar-refractivity contribution in [3.63, 3.8) is 0 Å². The van der Waals surface area contributed by atoms with E-state index in [1.54, 1.807) is 40.0 Å². The van der Waals surface area contributed by atoms with Crippen molar-refractivity contribution in [1.82, 2.24) is 10.6 Å². The van der Waals surface area contributed by atoms with Crippen LogP contribution in [0.25, 0.3) is 0 Å². The average molecular weight is 465 g/mol. The van der Waals surface area contributed by atoms with Crippen molar-refractivity contribution in [3.05, 3.63) is 87.8 Å². The van der Waals surface area contributed by atoms with E-state index in [-0.39, 0.29) is 6.61 Å². The van der Waals surface area contributed by atoms with Gasteiger partial charge in [-0.25, -0.2) is 9.59 Å². The minimum atomic E-state index is -0.595. The molecule has 4 rings (SSSR count). The maximum absolute atomic E-state index is 12.6. The van der Waals surface area contributed by atoms with Gasteiger partial charge in [-0.1, -0.05) is 36.4 Å². The zero-order valence-electron chi connectivity index (χ0n) is 20.4. The Labute approximate surface area is 200 Å². The zero-order chi connectivity index (χ0) is 24.7. The monoisotopic (exact) mass is 464 g/mol. The lowest BCUT2D eigenvalue weighted by Crippen LogP contribution is -2.32. The molecule has 0 fully saturated rings. The van der Waals surface area contributed by atoms with Crippen LogP contribution in [0.4, 0.5) is 0 Å². The van der Waals surface area contributed by atoms with Crippen LogP contribution < -0.4 is 15.4 Å². The second-order valence-electron chi connectivity index (χ2n) is 8.00. The fourth-order valence-corrected chi connectivity index (χ4v) is 4.24. The number of benzene rings is 2. The molecule has 0 radical (unpaired) electrons. The number of carbonyl (C=O) groups is 2. The fraction of sp³-hybridized carbons (Fsp3) is 0.333. The van der Waals surface area contributed by atoms with E-state index in [0.29, 0.717) is 28.3 Å². The molecule has 0 spiro atoms. The molecule has 1 unspecified atom stereocenters. The van der Waals surface area contributed by atoms with Crippen LogP contribution in [-0.2, 0) is 32.2 Å². The van der Waals surface area contributed by atoms with Crippen LogP contribution in [-0.4, -0.2) is 32.8 Å². The first kappa shape index (κ1) is 25.1. The van der Waals surface area contributed by atoms with Gasteiger partial charge >= 0.3 is 11.9 Å².